The van der Waals surface area contributed by atoms with Gasteiger partial charge in [0.05, 0.1) is 5.56 Å². The Morgan fingerprint density at radius 2 is 1.90 bits per heavy atom. The maximum atomic E-state index is 9.91. The Kier molecular flexibility index (Phi) is 5.36. The van der Waals surface area contributed by atoms with Crippen LogP contribution in [0.4, 0.5) is 0 Å². The average Bonchev–Trinajstić information content (AvgIpc) is 2.75. The molecule has 1 aliphatic rings. The van der Waals surface area contributed by atoms with E-state index in [-0.39, 0.29) is 11.7 Å². The van der Waals surface area contributed by atoms with Gasteiger partial charge in [0, 0.05) is 30.6 Å². The van der Waals surface area contributed by atoms with Gasteiger partial charge >= 0.3 is 0 Å². The van der Waals surface area contributed by atoms with Crippen LogP contribution in [-0.4, -0.2) is 39.2 Å². The van der Waals surface area contributed by atoms with Crippen LogP contribution in [0.15, 0.2) is 54.9 Å². The molecule has 0 amide bonds. The third-order valence-corrected chi connectivity index (χ3v) is 5.58. The first kappa shape index (κ1) is 19.2. The Morgan fingerprint density at radius 3 is 2.62 bits per heavy atom. The molecule has 0 unspecified atom stereocenters. The normalized spacial score (nSPS) is 14.9. The Bertz CT molecular complexity index is 1060. The number of benzene rings is 2. The molecule has 2 aromatic carbocycles. The van der Waals surface area contributed by atoms with Gasteiger partial charge in [-0.2, -0.15) is 0 Å². The van der Waals surface area contributed by atoms with Crippen LogP contribution in [0.25, 0.3) is 0 Å². The molecule has 2 heterocycles. The summed E-state index contributed by atoms with van der Waals surface area (Å²) in [6.07, 6.45) is 1.68. The third-order valence-electron chi connectivity index (χ3n) is 5.58. The number of nitrogens with zero attached hydrogens (tertiary/aromatic N) is 3. The molecule has 6 nitrogen and oxygen atoms in total. The molecular weight excluding hydrogens is 364 g/mol. The number of aromatic nitrogens is 2. The van der Waals surface area contributed by atoms with Crippen LogP contribution < -0.4 is 10.2 Å². The van der Waals surface area contributed by atoms with Crippen molar-refractivity contribution in [3.63, 3.8) is 0 Å². The minimum absolute atomic E-state index is 0.148. The second kappa shape index (κ2) is 8.09. The zero-order valence-electron chi connectivity index (χ0n) is 16.8. The van der Waals surface area contributed by atoms with E-state index in [1.807, 2.05) is 28.8 Å². The van der Waals surface area contributed by atoms with Gasteiger partial charge in [-0.3, -0.25) is 5.41 Å². The summed E-state index contributed by atoms with van der Waals surface area (Å²) in [4.78, 5) is 6.86. The number of phenolic OH excluding ortho intramolecular Hbond substituents is 1. The van der Waals surface area contributed by atoms with Crippen molar-refractivity contribution in [2.45, 2.75) is 26.3 Å². The highest BCUT2D eigenvalue weighted by Crippen LogP contribution is 2.45. The fourth-order valence-electron chi connectivity index (χ4n) is 3.91. The summed E-state index contributed by atoms with van der Waals surface area (Å²) in [5.74, 6) is 0.993. The van der Waals surface area contributed by atoms with Crippen LogP contribution in [-0.2, 0) is 6.54 Å². The maximum Gasteiger partial charge on any atom is 0.228 e. The molecule has 0 saturated carbocycles. The molecule has 1 aromatic heterocycles. The van der Waals surface area contributed by atoms with Crippen molar-refractivity contribution in [3.05, 3.63) is 77.0 Å². The number of fused-ring (bicyclic) bond motifs is 2. The summed E-state index contributed by atoms with van der Waals surface area (Å²) in [5, 5.41) is 18.8. The van der Waals surface area contributed by atoms with Crippen LogP contribution in [0.5, 0.6) is 17.4 Å². The van der Waals surface area contributed by atoms with Gasteiger partial charge < -0.3 is 19.3 Å². The van der Waals surface area contributed by atoms with Gasteiger partial charge in [0.25, 0.3) is 0 Å². The number of likely N-dealkylation sites (N-methyl/N-ethyl adjacent to an activating group) is 1. The molecule has 0 spiro atoms. The van der Waals surface area contributed by atoms with Crippen molar-refractivity contribution in [1.29, 1.82) is 5.41 Å². The lowest BCUT2D eigenvalue weighted by Gasteiger charge is -2.29. The molecule has 150 valence electrons. The van der Waals surface area contributed by atoms with E-state index in [2.05, 4.69) is 35.9 Å². The minimum atomic E-state index is -0.170. The van der Waals surface area contributed by atoms with Crippen molar-refractivity contribution in [2.75, 3.05) is 19.6 Å². The van der Waals surface area contributed by atoms with Gasteiger partial charge in [-0.1, -0.05) is 50.2 Å². The molecule has 6 heteroatoms. The van der Waals surface area contributed by atoms with E-state index in [9.17, 15) is 5.11 Å². The Balaban J connectivity index is 1.82. The van der Waals surface area contributed by atoms with E-state index in [1.165, 1.54) is 0 Å². The van der Waals surface area contributed by atoms with Crippen LogP contribution in [0.2, 0.25) is 0 Å². The van der Waals surface area contributed by atoms with E-state index >= 15 is 0 Å². The number of nitrogens with one attached hydrogen (secondary N) is 1. The van der Waals surface area contributed by atoms with Gasteiger partial charge in [-0.15, -0.1) is 0 Å². The number of hydrogen-bond donors (Lipinski definition) is 2. The number of ether oxygens (including phenoxy) is 1. The molecule has 4 rings (SSSR count). The summed E-state index contributed by atoms with van der Waals surface area (Å²) in [6.45, 7) is 7.82. The van der Waals surface area contributed by atoms with Crippen LogP contribution >= 0.6 is 0 Å². The Labute approximate surface area is 170 Å². The molecule has 0 fully saturated rings. The molecule has 0 saturated heterocycles. The minimum Gasteiger partial charge on any atom is -0.508 e. The molecule has 2 N–H and O–H groups in total. The van der Waals surface area contributed by atoms with Crippen molar-refractivity contribution < 1.29 is 9.84 Å². The second-order valence-electron chi connectivity index (χ2n) is 7.20. The third kappa shape index (κ3) is 3.63. The molecule has 0 radical (unpaired) electrons. The lowest BCUT2D eigenvalue weighted by molar-refractivity contribution is 0.286. The van der Waals surface area contributed by atoms with Gasteiger partial charge in [-0.25, -0.2) is 4.98 Å². The largest absolute Gasteiger partial charge is 0.508 e. The van der Waals surface area contributed by atoms with Crippen molar-refractivity contribution in [3.8, 4) is 17.4 Å². The van der Waals surface area contributed by atoms with Crippen LogP contribution in [0.3, 0.4) is 0 Å². The Hall–Kier alpha value is -3.12. The first-order chi connectivity index (χ1) is 14.1. The average molecular weight is 390 g/mol. The Morgan fingerprint density at radius 1 is 1.14 bits per heavy atom. The van der Waals surface area contributed by atoms with Crippen LogP contribution in [0.1, 0.15) is 36.5 Å². The zero-order chi connectivity index (χ0) is 20.4. The first-order valence-corrected chi connectivity index (χ1v) is 10.0. The lowest BCUT2D eigenvalue weighted by Crippen LogP contribution is -2.34. The molecule has 1 aliphatic heterocycles. The summed E-state index contributed by atoms with van der Waals surface area (Å²) >= 11 is 0. The standard InChI is InChI=1S/C23H26N4O2/c1-3-26(4-2)12-13-27-15-25-23-21(22(27)24)20(16-8-6-5-7-9-16)18-11-10-17(28)14-19(18)29-23/h5-11,14-15,20,24,28H,3-4,12-13H2,1-2H3/t20-/m1/s1. The van der Waals surface area contributed by atoms with E-state index in [1.54, 1.807) is 18.5 Å². The molecule has 29 heavy (non-hydrogen) atoms. The van der Waals surface area contributed by atoms with Gasteiger partial charge in [0.1, 0.15) is 23.3 Å². The topological polar surface area (TPSA) is 74.4 Å². The highest BCUT2D eigenvalue weighted by atomic mass is 16.5. The van der Waals surface area contributed by atoms with E-state index in [0.717, 1.165) is 36.3 Å². The van der Waals surface area contributed by atoms with Crippen LogP contribution in [0, 0.1) is 5.41 Å². The predicted molar refractivity (Wildman–Crippen MR) is 111 cm³/mol. The lowest BCUT2D eigenvalue weighted by atomic mass is 9.84. The van der Waals surface area contributed by atoms with Crippen molar-refractivity contribution >= 4 is 0 Å². The van der Waals surface area contributed by atoms with E-state index in [0.29, 0.717) is 23.7 Å². The molecule has 3 aromatic rings. The highest BCUT2D eigenvalue weighted by molar-refractivity contribution is 5.57. The van der Waals surface area contributed by atoms with Crippen molar-refractivity contribution in [2.24, 2.45) is 0 Å². The highest BCUT2D eigenvalue weighted by Gasteiger charge is 2.32. The monoisotopic (exact) mass is 390 g/mol. The van der Waals surface area contributed by atoms with Gasteiger partial charge in [0.2, 0.25) is 5.88 Å². The smallest absolute Gasteiger partial charge is 0.228 e. The quantitative estimate of drug-likeness (QED) is 0.526. The van der Waals surface area contributed by atoms with Crippen molar-refractivity contribution in [1.82, 2.24) is 14.5 Å². The first-order valence-electron chi connectivity index (χ1n) is 10.0. The number of aromatic hydroxyl groups is 1. The fourth-order valence-corrected chi connectivity index (χ4v) is 3.91. The maximum absolute atomic E-state index is 9.91. The van der Waals surface area contributed by atoms with E-state index < -0.39 is 0 Å². The molecule has 1 atom stereocenters. The summed E-state index contributed by atoms with van der Waals surface area (Å²) < 4.78 is 7.89. The predicted octanol–water partition coefficient (Wildman–Crippen LogP) is 3.70. The SMILES string of the molecule is CCN(CC)CCn1cnc2c(c1=N)[C@H](c1ccccc1)c1ccc(O)cc1O2. The molecule has 0 aliphatic carbocycles. The number of phenols is 1. The molecular formula is C23H26N4O2. The second-order valence-corrected chi connectivity index (χ2v) is 7.20. The van der Waals surface area contributed by atoms with E-state index in [4.69, 9.17) is 10.1 Å². The number of hydrogen-bond acceptors (Lipinski definition) is 5. The summed E-state index contributed by atoms with van der Waals surface area (Å²) in [7, 11) is 0. The molecule has 0 bridgehead atoms. The van der Waals surface area contributed by atoms with Gasteiger partial charge in [0.15, 0.2) is 0 Å². The zero-order valence-corrected chi connectivity index (χ0v) is 16.8. The summed E-state index contributed by atoms with van der Waals surface area (Å²) in [6, 6.07) is 15.2. The fraction of sp³-hybridized carbons (Fsp3) is 0.304. The number of rotatable bonds is 6. The van der Waals surface area contributed by atoms with Gasteiger partial charge in [-0.05, 0) is 24.7 Å². The summed E-state index contributed by atoms with van der Waals surface area (Å²) in [5.41, 5.74) is 3.17.